The molecule has 3 aromatic rings. The maximum atomic E-state index is 12.9. The minimum atomic E-state index is -0.399. The Morgan fingerprint density at radius 1 is 1.28 bits per heavy atom. The van der Waals surface area contributed by atoms with E-state index in [1.807, 2.05) is 38.1 Å². The maximum absolute atomic E-state index is 12.9. The number of anilines is 2. The Hall–Kier alpha value is -3.13. The minimum Gasteiger partial charge on any atom is -0.482 e. The summed E-state index contributed by atoms with van der Waals surface area (Å²) in [6, 6.07) is 12.8. The average molecular weight is 408 g/mol. The lowest BCUT2D eigenvalue weighted by Gasteiger charge is -2.19. The lowest BCUT2D eigenvalue weighted by atomic mass is 10.1. The number of ether oxygens (including phenoxy) is 1. The highest BCUT2D eigenvalue weighted by molar-refractivity contribution is 8.00. The Morgan fingerprint density at radius 3 is 2.93 bits per heavy atom. The molecule has 0 saturated carbocycles. The van der Waals surface area contributed by atoms with Gasteiger partial charge < -0.3 is 15.4 Å². The molecule has 1 unspecified atom stereocenters. The number of amides is 1. The molecule has 0 fully saturated rings. The molecule has 0 bridgehead atoms. The third-order valence-corrected chi connectivity index (χ3v) is 5.44. The van der Waals surface area contributed by atoms with Crippen molar-refractivity contribution in [1.82, 2.24) is 9.97 Å². The molecular weight excluding hydrogens is 388 g/mol. The number of Topliss-reactive ketones (excluding diaryl/α,β-unsaturated/α-hetero) is 1. The van der Waals surface area contributed by atoms with Crippen molar-refractivity contribution in [2.24, 2.45) is 0 Å². The van der Waals surface area contributed by atoms with E-state index in [-0.39, 0.29) is 18.3 Å². The lowest BCUT2D eigenvalue weighted by Crippen LogP contribution is -2.25. The van der Waals surface area contributed by atoms with Crippen LogP contribution in [0.2, 0.25) is 0 Å². The number of nitrogens with zero attached hydrogens (tertiary/aromatic N) is 2. The molecular formula is C21H20N4O3S. The SMILES string of the molecule is CCNc1nc(SC(C)C(=O)c2ccc3c(c2)NC(=O)CO3)nc2ccccc12. The summed E-state index contributed by atoms with van der Waals surface area (Å²) in [6.45, 7) is 4.56. The Labute approximate surface area is 172 Å². The van der Waals surface area contributed by atoms with Crippen LogP contribution in [0, 0.1) is 0 Å². The van der Waals surface area contributed by atoms with Crippen molar-refractivity contribution in [3.8, 4) is 5.75 Å². The van der Waals surface area contributed by atoms with Gasteiger partial charge in [0.1, 0.15) is 11.6 Å². The van der Waals surface area contributed by atoms with E-state index in [1.165, 1.54) is 11.8 Å². The fraction of sp³-hybridized carbons (Fsp3) is 0.238. The first-order valence-corrected chi connectivity index (χ1v) is 10.2. The number of aromatic nitrogens is 2. The number of carbonyl (C=O) groups is 2. The van der Waals surface area contributed by atoms with Crippen LogP contribution in [0.1, 0.15) is 24.2 Å². The van der Waals surface area contributed by atoms with Crippen molar-refractivity contribution in [2.45, 2.75) is 24.3 Å². The van der Waals surface area contributed by atoms with E-state index in [0.717, 1.165) is 23.3 Å². The molecule has 0 saturated heterocycles. The highest BCUT2D eigenvalue weighted by Gasteiger charge is 2.22. The predicted molar refractivity (Wildman–Crippen MR) is 114 cm³/mol. The number of hydrogen-bond donors (Lipinski definition) is 2. The average Bonchev–Trinajstić information content (AvgIpc) is 2.73. The highest BCUT2D eigenvalue weighted by atomic mass is 32.2. The number of para-hydroxylation sites is 1. The second-order valence-corrected chi connectivity index (χ2v) is 7.88. The van der Waals surface area contributed by atoms with Gasteiger partial charge in [-0.3, -0.25) is 9.59 Å². The minimum absolute atomic E-state index is 0.0139. The predicted octanol–water partition coefficient (Wildman–Crippen LogP) is 3.76. The van der Waals surface area contributed by atoms with Gasteiger partial charge in [-0.1, -0.05) is 23.9 Å². The maximum Gasteiger partial charge on any atom is 0.262 e. The number of benzene rings is 2. The zero-order chi connectivity index (χ0) is 20.4. The summed E-state index contributed by atoms with van der Waals surface area (Å²) in [5.41, 5.74) is 1.84. The molecule has 1 aliphatic heterocycles. The topological polar surface area (TPSA) is 93.2 Å². The summed E-state index contributed by atoms with van der Waals surface area (Å²) in [5.74, 6) is 1.02. The molecule has 148 valence electrons. The van der Waals surface area contributed by atoms with Crippen molar-refractivity contribution < 1.29 is 14.3 Å². The van der Waals surface area contributed by atoms with Crippen LogP contribution in [-0.2, 0) is 4.79 Å². The summed E-state index contributed by atoms with van der Waals surface area (Å²) < 4.78 is 5.35. The Balaban J connectivity index is 1.57. The van der Waals surface area contributed by atoms with E-state index in [1.54, 1.807) is 18.2 Å². The van der Waals surface area contributed by atoms with E-state index < -0.39 is 5.25 Å². The molecule has 1 aromatic heterocycles. The number of thioether (sulfide) groups is 1. The summed E-state index contributed by atoms with van der Waals surface area (Å²) in [6.07, 6.45) is 0. The Morgan fingerprint density at radius 2 is 2.10 bits per heavy atom. The molecule has 2 heterocycles. The third kappa shape index (κ3) is 4.02. The van der Waals surface area contributed by atoms with Crippen molar-refractivity contribution in [3.05, 3.63) is 48.0 Å². The lowest BCUT2D eigenvalue weighted by molar-refractivity contribution is -0.118. The van der Waals surface area contributed by atoms with Gasteiger partial charge in [0.05, 0.1) is 16.5 Å². The molecule has 0 spiro atoms. The third-order valence-electron chi connectivity index (χ3n) is 4.48. The van der Waals surface area contributed by atoms with E-state index in [4.69, 9.17) is 4.74 Å². The Bertz CT molecular complexity index is 1100. The Kier molecular flexibility index (Phi) is 5.35. The summed E-state index contributed by atoms with van der Waals surface area (Å²) in [5, 5.41) is 7.07. The molecule has 7 nitrogen and oxygen atoms in total. The number of rotatable bonds is 6. The fourth-order valence-corrected chi connectivity index (χ4v) is 3.95. The molecule has 4 rings (SSSR count). The monoisotopic (exact) mass is 408 g/mol. The van der Waals surface area contributed by atoms with Gasteiger partial charge in [-0.15, -0.1) is 0 Å². The molecule has 1 aliphatic rings. The van der Waals surface area contributed by atoms with Crippen LogP contribution >= 0.6 is 11.8 Å². The summed E-state index contributed by atoms with van der Waals surface area (Å²) in [4.78, 5) is 33.7. The smallest absolute Gasteiger partial charge is 0.262 e. The zero-order valence-corrected chi connectivity index (χ0v) is 16.9. The van der Waals surface area contributed by atoms with E-state index in [9.17, 15) is 9.59 Å². The molecule has 2 N–H and O–H groups in total. The molecule has 8 heteroatoms. The first-order chi connectivity index (χ1) is 14.0. The van der Waals surface area contributed by atoms with Crippen LogP contribution < -0.4 is 15.4 Å². The van der Waals surface area contributed by atoms with Gasteiger partial charge in [0.2, 0.25) is 0 Å². The molecule has 0 radical (unpaired) electrons. The number of ketones is 1. The molecule has 1 amide bonds. The quantitative estimate of drug-likeness (QED) is 0.364. The van der Waals surface area contributed by atoms with Crippen molar-refractivity contribution in [2.75, 3.05) is 23.8 Å². The van der Waals surface area contributed by atoms with Crippen LogP contribution in [-0.4, -0.2) is 40.1 Å². The van der Waals surface area contributed by atoms with Crippen LogP contribution in [0.4, 0.5) is 11.5 Å². The largest absolute Gasteiger partial charge is 0.482 e. The number of fused-ring (bicyclic) bond motifs is 2. The van der Waals surface area contributed by atoms with Crippen LogP contribution in [0.3, 0.4) is 0 Å². The van der Waals surface area contributed by atoms with Gasteiger partial charge in [0.25, 0.3) is 5.91 Å². The normalized spacial score (nSPS) is 13.9. The van der Waals surface area contributed by atoms with E-state index in [2.05, 4.69) is 20.6 Å². The first kappa shape index (κ1) is 19.2. The van der Waals surface area contributed by atoms with Crippen LogP contribution in [0.25, 0.3) is 10.9 Å². The summed E-state index contributed by atoms with van der Waals surface area (Å²) in [7, 11) is 0. The second-order valence-electron chi connectivity index (χ2n) is 6.57. The van der Waals surface area contributed by atoms with E-state index >= 15 is 0 Å². The molecule has 29 heavy (non-hydrogen) atoms. The number of nitrogens with one attached hydrogen (secondary N) is 2. The standard InChI is InChI=1S/C21H20N4O3S/c1-3-22-20-14-6-4-5-7-15(14)24-21(25-20)29-12(2)19(27)13-8-9-17-16(10-13)23-18(26)11-28-17/h4-10,12H,3,11H2,1-2H3,(H,23,26)(H,22,24,25). The van der Waals surface area contributed by atoms with Crippen molar-refractivity contribution in [3.63, 3.8) is 0 Å². The molecule has 2 aromatic carbocycles. The van der Waals surface area contributed by atoms with Gasteiger partial charge in [0, 0.05) is 17.5 Å². The molecule has 0 aliphatic carbocycles. The fourth-order valence-electron chi connectivity index (χ4n) is 3.09. The van der Waals surface area contributed by atoms with Gasteiger partial charge in [-0.25, -0.2) is 9.97 Å². The highest BCUT2D eigenvalue weighted by Crippen LogP contribution is 2.31. The van der Waals surface area contributed by atoms with Gasteiger partial charge in [-0.2, -0.15) is 0 Å². The number of hydrogen-bond acceptors (Lipinski definition) is 7. The van der Waals surface area contributed by atoms with E-state index in [0.29, 0.717) is 22.2 Å². The number of carbonyl (C=O) groups excluding carboxylic acids is 2. The zero-order valence-electron chi connectivity index (χ0n) is 16.1. The van der Waals surface area contributed by atoms with Gasteiger partial charge >= 0.3 is 0 Å². The molecule has 1 atom stereocenters. The van der Waals surface area contributed by atoms with Crippen molar-refractivity contribution in [1.29, 1.82) is 0 Å². The van der Waals surface area contributed by atoms with Gasteiger partial charge in [-0.05, 0) is 44.2 Å². The summed E-state index contributed by atoms with van der Waals surface area (Å²) >= 11 is 1.31. The van der Waals surface area contributed by atoms with Crippen LogP contribution in [0.15, 0.2) is 47.6 Å². The van der Waals surface area contributed by atoms with Crippen LogP contribution in [0.5, 0.6) is 5.75 Å². The van der Waals surface area contributed by atoms with Gasteiger partial charge in [0.15, 0.2) is 17.5 Å². The van der Waals surface area contributed by atoms with Crippen molar-refractivity contribution >= 4 is 45.9 Å². The second kappa shape index (κ2) is 8.08. The first-order valence-electron chi connectivity index (χ1n) is 9.33.